The Morgan fingerprint density at radius 3 is 2.97 bits per heavy atom. The predicted molar refractivity (Wildman–Crippen MR) is 113 cm³/mol. The molecule has 2 N–H and O–H groups in total. The first-order valence-corrected chi connectivity index (χ1v) is 10.6. The zero-order chi connectivity index (χ0) is 21.3. The summed E-state index contributed by atoms with van der Waals surface area (Å²) >= 11 is 0. The van der Waals surface area contributed by atoms with Gasteiger partial charge < -0.3 is 15.5 Å². The zero-order valence-corrected chi connectivity index (χ0v) is 17.3. The van der Waals surface area contributed by atoms with Crippen LogP contribution in [0, 0.1) is 17.6 Å². The maximum Gasteiger partial charge on any atom is 0.220 e. The summed E-state index contributed by atoms with van der Waals surface area (Å²) < 4.78 is 26.9. The van der Waals surface area contributed by atoms with E-state index in [1.165, 1.54) is 0 Å². The molecule has 0 aliphatic carbocycles. The van der Waals surface area contributed by atoms with Gasteiger partial charge in [-0.15, -0.1) is 0 Å². The van der Waals surface area contributed by atoms with Gasteiger partial charge in [-0.05, 0) is 49.8 Å². The molecule has 3 rings (SSSR count). The summed E-state index contributed by atoms with van der Waals surface area (Å²) in [4.78, 5) is 23.1. The number of anilines is 2. The summed E-state index contributed by atoms with van der Waals surface area (Å²) in [6.45, 7) is 4.75. The summed E-state index contributed by atoms with van der Waals surface area (Å²) in [7, 11) is 0. The first-order valence-electron chi connectivity index (χ1n) is 10.6. The van der Waals surface area contributed by atoms with Crippen molar-refractivity contribution in [3.8, 4) is 0 Å². The van der Waals surface area contributed by atoms with Gasteiger partial charge in [0.15, 0.2) is 0 Å². The van der Waals surface area contributed by atoms with E-state index in [9.17, 15) is 13.6 Å². The molecule has 2 aromatic rings. The highest BCUT2D eigenvalue weighted by atomic mass is 19.1. The van der Waals surface area contributed by atoms with Gasteiger partial charge in [0.25, 0.3) is 0 Å². The Morgan fingerprint density at radius 1 is 1.27 bits per heavy atom. The normalized spacial score (nSPS) is 16.4. The van der Waals surface area contributed by atoms with Crippen LogP contribution in [0.3, 0.4) is 0 Å². The van der Waals surface area contributed by atoms with E-state index in [-0.39, 0.29) is 18.0 Å². The highest BCUT2D eigenvalue weighted by Gasteiger charge is 2.22. The van der Waals surface area contributed by atoms with Crippen LogP contribution in [0.2, 0.25) is 0 Å². The van der Waals surface area contributed by atoms with Crippen LogP contribution in [-0.4, -0.2) is 35.5 Å². The van der Waals surface area contributed by atoms with Crippen molar-refractivity contribution in [3.63, 3.8) is 0 Å². The molecular weight excluding hydrogens is 388 g/mol. The zero-order valence-electron chi connectivity index (χ0n) is 17.3. The van der Waals surface area contributed by atoms with Gasteiger partial charge in [-0.2, -0.15) is 0 Å². The lowest BCUT2D eigenvalue weighted by Crippen LogP contribution is -2.36. The summed E-state index contributed by atoms with van der Waals surface area (Å²) in [6, 6.07) is 5.22. The van der Waals surface area contributed by atoms with Gasteiger partial charge in [-0.1, -0.05) is 6.92 Å². The fourth-order valence-electron chi connectivity index (χ4n) is 3.67. The number of piperidine rings is 1. The summed E-state index contributed by atoms with van der Waals surface area (Å²) in [5.41, 5.74) is 0.156. The van der Waals surface area contributed by atoms with Gasteiger partial charge in [0.05, 0.1) is 0 Å². The summed E-state index contributed by atoms with van der Waals surface area (Å²) in [5.74, 6) is 0.937. The third-order valence-corrected chi connectivity index (χ3v) is 5.32. The van der Waals surface area contributed by atoms with E-state index in [1.807, 2.05) is 6.07 Å². The molecule has 1 unspecified atom stereocenters. The van der Waals surface area contributed by atoms with Gasteiger partial charge in [0.1, 0.15) is 29.6 Å². The van der Waals surface area contributed by atoms with Crippen LogP contribution in [0.15, 0.2) is 30.6 Å². The third-order valence-electron chi connectivity index (χ3n) is 5.32. The number of halogens is 2. The molecule has 2 heterocycles. The van der Waals surface area contributed by atoms with Gasteiger partial charge in [0, 0.05) is 44.2 Å². The number of nitrogens with zero attached hydrogens (tertiary/aromatic N) is 3. The largest absolute Gasteiger partial charge is 0.370 e. The summed E-state index contributed by atoms with van der Waals surface area (Å²) in [6.07, 6.45) is 5.83. The molecule has 0 bridgehead atoms. The minimum atomic E-state index is -0.516. The molecule has 1 aliphatic rings. The first kappa shape index (κ1) is 21.9. The molecule has 1 aromatic heterocycles. The molecule has 8 heteroatoms. The highest BCUT2D eigenvalue weighted by Crippen LogP contribution is 2.25. The number of hydrogen-bond acceptors (Lipinski definition) is 5. The molecular formula is C22H29F2N5O. The lowest BCUT2D eigenvalue weighted by molar-refractivity contribution is -0.121. The Morgan fingerprint density at radius 2 is 2.13 bits per heavy atom. The second-order valence-electron chi connectivity index (χ2n) is 7.69. The SMILES string of the molecule is CCCNc1cc(N2CCCC(CCC(=O)NCc3cc(F)ccc3F)C2)ncn1. The van der Waals surface area contributed by atoms with Crippen LogP contribution in [0.4, 0.5) is 20.4 Å². The fourth-order valence-corrected chi connectivity index (χ4v) is 3.67. The molecule has 1 fully saturated rings. The van der Waals surface area contributed by atoms with Crippen molar-refractivity contribution >= 4 is 17.5 Å². The number of hydrogen-bond donors (Lipinski definition) is 2. The van der Waals surface area contributed by atoms with Gasteiger partial charge >= 0.3 is 0 Å². The molecule has 162 valence electrons. The fraction of sp³-hybridized carbons (Fsp3) is 0.500. The topological polar surface area (TPSA) is 70.2 Å². The van der Waals surface area contributed by atoms with Gasteiger partial charge in [-0.3, -0.25) is 4.79 Å². The standard InChI is InChI=1S/C22H29F2N5O/c1-2-9-25-20-12-21(28-15-27-20)29-10-3-4-16(14-29)5-8-22(30)26-13-17-11-18(23)6-7-19(17)24/h6-7,11-12,15-16H,2-5,8-10,13-14H2,1H3,(H,26,30)(H,25,27,28). The van der Waals surface area contributed by atoms with Gasteiger partial charge in [-0.25, -0.2) is 18.7 Å². The third kappa shape index (κ3) is 6.37. The lowest BCUT2D eigenvalue weighted by atomic mass is 9.93. The maximum atomic E-state index is 13.7. The van der Waals surface area contributed by atoms with Crippen LogP contribution in [-0.2, 0) is 11.3 Å². The maximum absolute atomic E-state index is 13.7. The molecule has 1 aliphatic heterocycles. The van der Waals surface area contributed by atoms with Gasteiger partial charge in [0.2, 0.25) is 5.91 Å². The van der Waals surface area contributed by atoms with E-state index in [4.69, 9.17) is 0 Å². The van der Waals surface area contributed by atoms with E-state index in [0.29, 0.717) is 12.3 Å². The molecule has 1 atom stereocenters. The second-order valence-corrected chi connectivity index (χ2v) is 7.69. The number of carbonyl (C=O) groups excluding carboxylic acids is 1. The number of benzene rings is 1. The number of amides is 1. The van der Waals surface area contributed by atoms with Crippen molar-refractivity contribution < 1.29 is 13.6 Å². The Bertz CT molecular complexity index is 848. The monoisotopic (exact) mass is 417 g/mol. The predicted octanol–water partition coefficient (Wildman–Crippen LogP) is 3.89. The number of nitrogens with one attached hydrogen (secondary N) is 2. The average molecular weight is 418 g/mol. The summed E-state index contributed by atoms with van der Waals surface area (Å²) in [5, 5.41) is 5.97. The Hall–Kier alpha value is -2.77. The van der Waals surface area contributed by atoms with E-state index >= 15 is 0 Å². The molecule has 0 spiro atoms. The number of rotatable bonds is 9. The number of aromatic nitrogens is 2. The van der Waals surface area contributed by atoms with Crippen LogP contribution < -0.4 is 15.5 Å². The van der Waals surface area contributed by atoms with Crippen molar-refractivity contribution in [1.29, 1.82) is 0 Å². The molecule has 30 heavy (non-hydrogen) atoms. The molecule has 1 aromatic carbocycles. The first-order chi connectivity index (χ1) is 14.5. The van der Waals surface area contributed by atoms with E-state index < -0.39 is 11.6 Å². The van der Waals surface area contributed by atoms with E-state index in [2.05, 4.69) is 32.4 Å². The second kappa shape index (κ2) is 10.8. The van der Waals surface area contributed by atoms with Crippen molar-refractivity contribution in [2.45, 2.75) is 45.6 Å². The van der Waals surface area contributed by atoms with Crippen molar-refractivity contribution in [2.75, 3.05) is 29.9 Å². The van der Waals surface area contributed by atoms with Crippen molar-refractivity contribution in [1.82, 2.24) is 15.3 Å². The minimum Gasteiger partial charge on any atom is -0.370 e. The van der Waals surface area contributed by atoms with Crippen LogP contribution >= 0.6 is 0 Å². The Balaban J connectivity index is 1.46. The van der Waals surface area contributed by atoms with Crippen LogP contribution in [0.1, 0.15) is 44.6 Å². The van der Waals surface area contributed by atoms with Crippen LogP contribution in [0.5, 0.6) is 0 Å². The molecule has 0 radical (unpaired) electrons. The molecule has 6 nitrogen and oxygen atoms in total. The van der Waals surface area contributed by atoms with Crippen molar-refractivity contribution in [2.24, 2.45) is 5.92 Å². The molecule has 0 saturated carbocycles. The Kier molecular flexibility index (Phi) is 7.93. The van der Waals surface area contributed by atoms with E-state index in [1.54, 1.807) is 6.33 Å². The smallest absolute Gasteiger partial charge is 0.220 e. The molecule has 1 amide bonds. The average Bonchev–Trinajstić information content (AvgIpc) is 2.77. The van der Waals surface area contributed by atoms with E-state index in [0.717, 1.165) is 75.2 Å². The lowest BCUT2D eigenvalue weighted by Gasteiger charge is -2.33. The molecule has 1 saturated heterocycles. The number of carbonyl (C=O) groups is 1. The highest BCUT2D eigenvalue weighted by molar-refractivity contribution is 5.75. The van der Waals surface area contributed by atoms with Crippen LogP contribution in [0.25, 0.3) is 0 Å². The minimum absolute atomic E-state index is 0.00626. The van der Waals surface area contributed by atoms with Crippen molar-refractivity contribution in [3.05, 3.63) is 47.8 Å². The quantitative estimate of drug-likeness (QED) is 0.648. The Labute approximate surface area is 176 Å².